The molecule has 9 nitrogen and oxygen atoms in total. The first-order chi connectivity index (χ1) is 9.31. The van der Waals surface area contributed by atoms with E-state index in [-0.39, 0.29) is 5.69 Å². The first-order valence-electron chi connectivity index (χ1n) is 5.47. The zero-order valence-corrected chi connectivity index (χ0v) is 10.8. The highest BCUT2D eigenvalue weighted by molar-refractivity contribution is 5.89. The number of nitro groups is 1. The summed E-state index contributed by atoms with van der Waals surface area (Å²) in [6.45, 7) is 2.47. The maximum absolute atomic E-state index is 11.4. The Bertz CT molecular complexity index is 557. The number of aliphatic carboxylic acids is 1. The van der Waals surface area contributed by atoms with Gasteiger partial charge in [-0.15, -0.1) is 0 Å². The van der Waals surface area contributed by atoms with Crippen LogP contribution in [-0.2, 0) is 9.63 Å². The van der Waals surface area contributed by atoms with Crippen molar-refractivity contribution in [3.63, 3.8) is 0 Å². The van der Waals surface area contributed by atoms with E-state index in [4.69, 9.17) is 5.11 Å². The van der Waals surface area contributed by atoms with Crippen LogP contribution in [0.15, 0.2) is 12.1 Å². The van der Waals surface area contributed by atoms with Crippen molar-refractivity contribution in [3.8, 4) is 0 Å². The van der Waals surface area contributed by atoms with Crippen LogP contribution in [0.25, 0.3) is 0 Å². The van der Waals surface area contributed by atoms with Crippen molar-refractivity contribution in [1.29, 1.82) is 0 Å². The highest BCUT2D eigenvalue weighted by Gasteiger charge is 2.14. The molecule has 0 aliphatic heterocycles. The van der Waals surface area contributed by atoms with Crippen LogP contribution in [0.1, 0.15) is 11.1 Å². The first kappa shape index (κ1) is 15.4. The van der Waals surface area contributed by atoms with Crippen LogP contribution >= 0.6 is 0 Å². The minimum Gasteiger partial charge on any atom is -0.479 e. The van der Waals surface area contributed by atoms with Gasteiger partial charge >= 0.3 is 12.0 Å². The fraction of sp³-hybridized carbons (Fsp3) is 0.273. The van der Waals surface area contributed by atoms with Gasteiger partial charge in [-0.05, 0) is 25.5 Å². The molecule has 0 fully saturated rings. The number of carbonyl (C=O) groups is 2. The van der Waals surface area contributed by atoms with Crippen molar-refractivity contribution in [3.05, 3.63) is 33.4 Å². The SMILES string of the molecule is Cc1cc([N+](=O)[O-])c(C)cc1NC(=O)NOCC(=O)O. The van der Waals surface area contributed by atoms with E-state index in [0.29, 0.717) is 16.8 Å². The number of carboxylic acids is 1. The lowest BCUT2D eigenvalue weighted by Gasteiger charge is -2.10. The lowest BCUT2D eigenvalue weighted by molar-refractivity contribution is -0.385. The van der Waals surface area contributed by atoms with Gasteiger partial charge < -0.3 is 10.4 Å². The summed E-state index contributed by atoms with van der Waals surface area (Å²) in [4.78, 5) is 36.2. The summed E-state index contributed by atoms with van der Waals surface area (Å²) < 4.78 is 0. The first-order valence-corrected chi connectivity index (χ1v) is 5.47. The van der Waals surface area contributed by atoms with Gasteiger partial charge in [0.1, 0.15) is 0 Å². The molecule has 0 radical (unpaired) electrons. The van der Waals surface area contributed by atoms with Crippen LogP contribution in [-0.4, -0.2) is 28.6 Å². The number of carboxylic acid groups (broad SMARTS) is 1. The Morgan fingerprint density at radius 3 is 2.55 bits per heavy atom. The molecule has 108 valence electrons. The smallest absolute Gasteiger partial charge is 0.343 e. The van der Waals surface area contributed by atoms with Crippen LogP contribution in [0, 0.1) is 24.0 Å². The standard InChI is InChI=1S/C11H13N3O6/c1-6-4-9(14(18)19)7(2)3-8(6)12-11(17)13-20-5-10(15)16/h3-4H,5H2,1-2H3,(H,15,16)(H2,12,13,17). The fourth-order valence-corrected chi connectivity index (χ4v) is 1.44. The molecule has 0 aliphatic carbocycles. The molecule has 1 rings (SSSR count). The van der Waals surface area contributed by atoms with Gasteiger partial charge in [0.05, 0.1) is 4.92 Å². The van der Waals surface area contributed by atoms with E-state index >= 15 is 0 Å². The molecule has 0 saturated heterocycles. The maximum Gasteiger partial charge on any atom is 0.343 e. The quantitative estimate of drug-likeness (QED) is 0.552. The number of rotatable bonds is 5. The third-order valence-electron chi connectivity index (χ3n) is 2.35. The predicted octanol–water partition coefficient (Wildman–Crippen LogP) is 1.35. The molecule has 0 spiro atoms. The molecule has 0 unspecified atom stereocenters. The second-order valence-corrected chi connectivity index (χ2v) is 3.95. The number of hydrogen-bond acceptors (Lipinski definition) is 5. The van der Waals surface area contributed by atoms with Crippen molar-refractivity contribution in [1.82, 2.24) is 5.48 Å². The zero-order chi connectivity index (χ0) is 15.3. The number of hydrogen-bond donors (Lipinski definition) is 3. The molecule has 0 aromatic heterocycles. The van der Waals surface area contributed by atoms with Crippen molar-refractivity contribution in [2.24, 2.45) is 0 Å². The van der Waals surface area contributed by atoms with E-state index in [1.165, 1.54) is 12.1 Å². The summed E-state index contributed by atoms with van der Waals surface area (Å²) in [7, 11) is 0. The van der Waals surface area contributed by atoms with Crippen LogP contribution in [0.3, 0.4) is 0 Å². The van der Waals surface area contributed by atoms with Crippen LogP contribution in [0.5, 0.6) is 0 Å². The fourth-order valence-electron chi connectivity index (χ4n) is 1.44. The summed E-state index contributed by atoms with van der Waals surface area (Å²) in [5.41, 5.74) is 3.09. The number of aryl methyl sites for hydroxylation is 2. The van der Waals surface area contributed by atoms with Crippen molar-refractivity contribution in [2.75, 3.05) is 11.9 Å². The molecule has 3 N–H and O–H groups in total. The van der Waals surface area contributed by atoms with E-state index < -0.39 is 23.5 Å². The van der Waals surface area contributed by atoms with Crippen molar-refractivity contribution >= 4 is 23.4 Å². The summed E-state index contributed by atoms with van der Waals surface area (Å²) >= 11 is 0. The Labute approximate surface area is 113 Å². The molecule has 0 saturated carbocycles. The normalized spacial score (nSPS) is 9.90. The number of anilines is 1. The van der Waals surface area contributed by atoms with Gasteiger partial charge in [-0.25, -0.2) is 15.1 Å². The van der Waals surface area contributed by atoms with Gasteiger partial charge in [0, 0.05) is 17.3 Å². The largest absolute Gasteiger partial charge is 0.479 e. The number of nitrogens with one attached hydrogen (secondary N) is 2. The number of urea groups is 1. The Kier molecular flexibility index (Phi) is 4.98. The summed E-state index contributed by atoms with van der Waals surface area (Å²) in [6, 6.07) is 2.01. The highest BCUT2D eigenvalue weighted by Crippen LogP contribution is 2.25. The minimum atomic E-state index is -1.23. The molecule has 20 heavy (non-hydrogen) atoms. The number of nitro benzene ring substituents is 1. The average Bonchev–Trinajstić information content (AvgIpc) is 2.32. The van der Waals surface area contributed by atoms with E-state index in [1.54, 1.807) is 13.8 Å². The zero-order valence-electron chi connectivity index (χ0n) is 10.8. The number of benzene rings is 1. The molecule has 0 bridgehead atoms. The third kappa shape index (κ3) is 4.21. The monoisotopic (exact) mass is 283 g/mol. The molecule has 0 atom stereocenters. The Balaban J connectivity index is 2.73. The Morgan fingerprint density at radius 1 is 1.35 bits per heavy atom. The average molecular weight is 283 g/mol. The van der Waals surface area contributed by atoms with Crippen LogP contribution < -0.4 is 10.8 Å². The molecule has 1 aromatic rings. The lowest BCUT2D eigenvalue weighted by Crippen LogP contribution is -2.31. The Hall–Kier alpha value is -2.68. The van der Waals surface area contributed by atoms with Gasteiger partial charge in [-0.2, -0.15) is 0 Å². The van der Waals surface area contributed by atoms with Crippen LogP contribution in [0.4, 0.5) is 16.2 Å². The minimum absolute atomic E-state index is 0.0458. The predicted molar refractivity (Wildman–Crippen MR) is 68.3 cm³/mol. The van der Waals surface area contributed by atoms with E-state index in [0.717, 1.165) is 0 Å². The van der Waals surface area contributed by atoms with Crippen LogP contribution in [0.2, 0.25) is 0 Å². The maximum atomic E-state index is 11.4. The molecule has 2 amide bonds. The second-order valence-electron chi connectivity index (χ2n) is 3.95. The van der Waals surface area contributed by atoms with Crippen molar-refractivity contribution < 1.29 is 24.5 Å². The molecular weight excluding hydrogens is 270 g/mol. The highest BCUT2D eigenvalue weighted by atomic mass is 16.7. The molecule has 0 heterocycles. The van der Waals surface area contributed by atoms with E-state index in [1.807, 2.05) is 5.48 Å². The topological polar surface area (TPSA) is 131 Å². The van der Waals surface area contributed by atoms with E-state index in [2.05, 4.69) is 10.2 Å². The van der Waals surface area contributed by atoms with Gasteiger partial charge in [0.15, 0.2) is 6.61 Å². The van der Waals surface area contributed by atoms with Crippen molar-refractivity contribution in [2.45, 2.75) is 13.8 Å². The molecular formula is C11H13N3O6. The second kappa shape index (κ2) is 6.48. The van der Waals surface area contributed by atoms with E-state index in [9.17, 15) is 19.7 Å². The molecule has 9 heteroatoms. The van der Waals surface area contributed by atoms with Gasteiger partial charge in [0.25, 0.3) is 5.69 Å². The van der Waals surface area contributed by atoms with Gasteiger partial charge in [0.2, 0.25) is 0 Å². The third-order valence-corrected chi connectivity index (χ3v) is 2.35. The molecule has 1 aromatic carbocycles. The molecule has 0 aliphatic rings. The van der Waals surface area contributed by atoms with Gasteiger partial charge in [-0.1, -0.05) is 0 Å². The number of carbonyl (C=O) groups excluding carboxylic acids is 1. The number of amides is 2. The summed E-state index contributed by atoms with van der Waals surface area (Å²) in [6.07, 6.45) is 0. The lowest BCUT2D eigenvalue weighted by atomic mass is 10.1. The summed E-state index contributed by atoms with van der Waals surface area (Å²) in [5.74, 6) is -1.23. The van der Waals surface area contributed by atoms with Gasteiger partial charge in [-0.3, -0.25) is 15.0 Å². The Morgan fingerprint density at radius 2 is 2.00 bits per heavy atom. The summed E-state index contributed by atoms with van der Waals surface area (Å²) in [5, 5.41) is 21.5. The number of hydroxylamine groups is 1. The number of nitrogens with zero attached hydrogens (tertiary/aromatic N) is 1.